The molecule has 0 saturated heterocycles. The molecule has 1 aromatic heterocycles. The van der Waals surface area contributed by atoms with Crippen molar-refractivity contribution in [3.8, 4) is 0 Å². The Labute approximate surface area is 103 Å². The number of hydrogen-bond acceptors (Lipinski definition) is 3. The first kappa shape index (κ1) is 14.1. The van der Waals surface area contributed by atoms with E-state index in [1.807, 2.05) is 13.8 Å². The molecular weight excluding hydrogens is 240 g/mol. The van der Waals surface area contributed by atoms with E-state index in [1.165, 1.54) is 8.61 Å². The van der Waals surface area contributed by atoms with Gasteiger partial charge in [0.25, 0.3) is 10.2 Å². The van der Waals surface area contributed by atoms with Gasteiger partial charge in [-0.3, -0.25) is 4.68 Å². The van der Waals surface area contributed by atoms with Crippen LogP contribution >= 0.6 is 0 Å². The predicted molar refractivity (Wildman–Crippen MR) is 66.5 cm³/mol. The highest BCUT2D eigenvalue weighted by Gasteiger charge is 2.25. The van der Waals surface area contributed by atoms with Gasteiger partial charge in [-0.05, 0) is 13.8 Å². The average molecular weight is 260 g/mol. The van der Waals surface area contributed by atoms with E-state index in [9.17, 15) is 8.42 Å². The van der Waals surface area contributed by atoms with Gasteiger partial charge in [0.15, 0.2) is 0 Å². The summed E-state index contributed by atoms with van der Waals surface area (Å²) in [7, 11) is 1.56. The quantitative estimate of drug-likeness (QED) is 0.771. The molecule has 0 bridgehead atoms. The number of aryl methyl sites for hydroxylation is 1. The van der Waals surface area contributed by atoms with Gasteiger partial charge >= 0.3 is 0 Å². The highest BCUT2D eigenvalue weighted by atomic mass is 32.2. The third-order valence-corrected chi connectivity index (χ3v) is 4.71. The van der Waals surface area contributed by atoms with Gasteiger partial charge in [0.05, 0.1) is 6.20 Å². The maximum Gasteiger partial charge on any atom is 0.282 e. The van der Waals surface area contributed by atoms with Crippen molar-refractivity contribution in [2.45, 2.75) is 26.4 Å². The Bertz CT molecular complexity index is 466. The van der Waals surface area contributed by atoms with Crippen molar-refractivity contribution >= 4 is 10.2 Å². The van der Waals surface area contributed by atoms with Crippen LogP contribution < -0.4 is 0 Å². The van der Waals surface area contributed by atoms with Crippen LogP contribution in [0, 0.1) is 0 Å². The fourth-order valence-electron chi connectivity index (χ4n) is 1.38. The lowest BCUT2D eigenvalue weighted by molar-refractivity contribution is 0.355. The van der Waals surface area contributed by atoms with Crippen LogP contribution in [0.4, 0.5) is 0 Å². The lowest BCUT2D eigenvalue weighted by Crippen LogP contribution is -2.42. The normalized spacial score (nSPS) is 12.9. The number of rotatable bonds is 5. The Balaban J connectivity index is 2.79. The Morgan fingerprint density at radius 2 is 2.00 bits per heavy atom. The van der Waals surface area contributed by atoms with Gasteiger partial charge in [-0.15, -0.1) is 0 Å². The Hall–Kier alpha value is -0.920. The standard InChI is InChI=1S/C10H20N4O2S/c1-9(2)14(5)17(15,16)13(4)8-10-6-11-12(3)7-10/h6-7,9H,8H2,1-5H3. The molecule has 0 fully saturated rings. The van der Waals surface area contributed by atoms with E-state index >= 15 is 0 Å². The van der Waals surface area contributed by atoms with E-state index in [4.69, 9.17) is 0 Å². The highest BCUT2D eigenvalue weighted by Crippen LogP contribution is 2.11. The van der Waals surface area contributed by atoms with Gasteiger partial charge in [0, 0.05) is 45.5 Å². The zero-order chi connectivity index (χ0) is 13.2. The zero-order valence-electron chi connectivity index (χ0n) is 11.0. The molecule has 0 amide bonds. The summed E-state index contributed by atoms with van der Waals surface area (Å²) in [4.78, 5) is 0. The minimum atomic E-state index is -3.40. The zero-order valence-corrected chi connectivity index (χ0v) is 11.8. The second-order valence-electron chi connectivity index (χ2n) is 4.40. The summed E-state index contributed by atoms with van der Waals surface area (Å²) >= 11 is 0. The molecule has 0 aliphatic heterocycles. The molecule has 0 spiro atoms. The van der Waals surface area contributed by atoms with Gasteiger partial charge in [-0.25, -0.2) is 0 Å². The Morgan fingerprint density at radius 1 is 1.41 bits per heavy atom. The van der Waals surface area contributed by atoms with E-state index < -0.39 is 10.2 Å². The van der Waals surface area contributed by atoms with Crippen LogP contribution in [-0.2, 0) is 23.8 Å². The van der Waals surface area contributed by atoms with E-state index in [0.29, 0.717) is 6.54 Å². The molecular formula is C10H20N4O2S. The van der Waals surface area contributed by atoms with Crippen LogP contribution in [0.1, 0.15) is 19.4 Å². The minimum Gasteiger partial charge on any atom is -0.275 e. The maximum atomic E-state index is 12.1. The molecule has 7 heteroatoms. The average Bonchev–Trinajstić information content (AvgIpc) is 2.62. The molecule has 98 valence electrons. The molecule has 0 unspecified atom stereocenters. The van der Waals surface area contributed by atoms with Crippen molar-refractivity contribution < 1.29 is 8.42 Å². The molecule has 1 aromatic rings. The summed E-state index contributed by atoms with van der Waals surface area (Å²) in [6.45, 7) is 4.01. The first-order valence-corrected chi connectivity index (χ1v) is 6.81. The minimum absolute atomic E-state index is 0.0589. The monoisotopic (exact) mass is 260 g/mol. The fraction of sp³-hybridized carbons (Fsp3) is 0.700. The molecule has 0 aliphatic rings. The first-order chi connectivity index (χ1) is 7.75. The maximum absolute atomic E-state index is 12.1. The molecule has 0 atom stereocenters. The van der Waals surface area contributed by atoms with Gasteiger partial charge in [0.2, 0.25) is 0 Å². The van der Waals surface area contributed by atoms with E-state index in [0.717, 1.165) is 5.56 Å². The van der Waals surface area contributed by atoms with Gasteiger partial charge in [0.1, 0.15) is 0 Å². The predicted octanol–water partition coefficient (Wildman–Crippen LogP) is 0.437. The van der Waals surface area contributed by atoms with Crippen molar-refractivity contribution in [1.82, 2.24) is 18.4 Å². The first-order valence-electron chi connectivity index (χ1n) is 5.42. The van der Waals surface area contributed by atoms with Crippen LogP contribution in [0.2, 0.25) is 0 Å². The van der Waals surface area contributed by atoms with Crippen molar-refractivity contribution in [2.75, 3.05) is 14.1 Å². The number of aromatic nitrogens is 2. The van der Waals surface area contributed by atoms with Crippen molar-refractivity contribution in [3.63, 3.8) is 0 Å². The fourth-order valence-corrected chi connectivity index (χ4v) is 2.66. The number of nitrogens with zero attached hydrogens (tertiary/aromatic N) is 4. The molecule has 17 heavy (non-hydrogen) atoms. The summed E-state index contributed by atoms with van der Waals surface area (Å²) in [6, 6.07) is -0.0589. The van der Waals surface area contributed by atoms with Crippen LogP contribution in [0.3, 0.4) is 0 Å². The molecule has 1 rings (SSSR count). The highest BCUT2D eigenvalue weighted by molar-refractivity contribution is 7.86. The lowest BCUT2D eigenvalue weighted by atomic mass is 10.4. The second kappa shape index (κ2) is 5.16. The van der Waals surface area contributed by atoms with Gasteiger partial charge in [-0.2, -0.15) is 22.1 Å². The van der Waals surface area contributed by atoms with E-state index in [-0.39, 0.29) is 6.04 Å². The largest absolute Gasteiger partial charge is 0.282 e. The molecule has 1 heterocycles. The van der Waals surface area contributed by atoms with Crippen molar-refractivity contribution in [2.24, 2.45) is 7.05 Å². The molecule has 6 nitrogen and oxygen atoms in total. The molecule has 0 aromatic carbocycles. The Morgan fingerprint density at radius 3 is 2.41 bits per heavy atom. The molecule has 0 radical (unpaired) electrons. The molecule has 0 N–H and O–H groups in total. The second-order valence-corrected chi connectivity index (χ2v) is 6.49. The van der Waals surface area contributed by atoms with Crippen LogP contribution in [0.25, 0.3) is 0 Å². The number of hydrogen-bond donors (Lipinski definition) is 0. The molecule has 0 saturated carbocycles. The summed E-state index contributed by atoms with van der Waals surface area (Å²) in [5, 5.41) is 4.01. The SMILES string of the molecule is CC(C)N(C)S(=O)(=O)N(C)Cc1cnn(C)c1. The topological polar surface area (TPSA) is 58.4 Å². The van der Waals surface area contributed by atoms with E-state index in [1.54, 1.807) is 38.2 Å². The molecule has 0 aliphatic carbocycles. The summed E-state index contributed by atoms with van der Waals surface area (Å²) in [5.41, 5.74) is 0.871. The smallest absolute Gasteiger partial charge is 0.275 e. The van der Waals surface area contributed by atoms with Crippen molar-refractivity contribution in [3.05, 3.63) is 18.0 Å². The summed E-state index contributed by atoms with van der Waals surface area (Å²) in [6.07, 6.45) is 3.47. The lowest BCUT2D eigenvalue weighted by Gasteiger charge is -2.26. The van der Waals surface area contributed by atoms with Gasteiger partial charge in [-0.1, -0.05) is 0 Å². The third kappa shape index (κ3) is 3.27. The Kier molecular flexibility index (Phi) is 4.29. The van der Waals surface area contributed by atoms with Crippen LogP contribution in [0.5, 0.6) is 0 Å². The van der Waals surface area contributed by atoms with E-state index in [2.05, 4.69) is 5.10 Å². The van der Waals surface area contributed by atoms with Crippen LogP contribution in [-0.4, -0.2) is 46.9 Å². The van der Waals surface area contributed by atoms with Crippen LogP contribution in [0.15, 0.2) is 12.4 Å². The van der Waals surface area contributed by atoms with Crippen molar-refractivity contribution in [1.29, 1.82) is 0 Å². The third-order valence-electron chi connectivity index (χ3n) is 2.65. The summed E-state index contributed by atoms with van der Waals surface area (Å²) < 4.78 is 28.5. The summed E-state index contributed by atoms with van der Waals surface area (Å²) in [5.74, 6) is 0. The van der Waals surface area contributed by atoms with Gasteiger partial charge < -0.3 is 0 Å².